The van der Waals surface area contributed by atoms with Crippen LogP contribution in [0.5, 0.6) is 0 Å². The van der Waals surface area contributed by atoms with Crippen molar-refractivity contribution in [2.45, 2.75) is 79.7 Å². The molecule has 1 aromatic heterocycles. The highest BCUT2D eigenvalue weighted by atomic mass is 15.3. The smallest absolute Gasteiger partial charge is 0.0731 e. The van der Waals surface area contributed by atoms with E-state index in [0.717, 1.165) is 6.42 Å². The van der Waals surface area contributed by atoms with E-state index in [4.69, 9.17) is 5.10 Å². The molecule has 1 atom stereocenters. The van der Waals surface area contributed by atoms with E-state index in [0.29, 0.717) is 17.9 Å². The molecule has 2 rings (SSSR count). The van der Waals surface area contributed by atoms with Crippen LogP contribution in [0.2, 0.25) is 0 Å². The molecule has 0 saturated carbocycles. The Balaban J connectivity index is 2.89. The van der Waals surface area contributed by atoms with Crippen LogP contribution in [0.15, 0.2) is 18.2 Å². The van der Waals surface area contributed by atoms with E-state index >= 15 is 0 Å². The van der Waals surface area contributed by atoms with Crippen molar-refractivity contribution in [2.75, 3.05) is 0 Å². The number of aryl methyl sites for hydroxylation is 2. The van der Waals surface area contributed by atoms with Gasteiger partial charge in [-0.25, -0.2) is 0 Å². The summed E-state index contributed by atoms with van der Waals surface area (Å²) in [7, 11) is 0. The molecular weight excluding hydrogens is 280 g/mol. The molecule has 0 fully saturated rings. The number of aromatic nitrogens is 2. The lowest BCUT2D eigenvalue weighted by Crippen LogP contribution is -2.10. The van der Waals surface area contributed by atoms with Gasteiger partial charge in [-0.05, 0) is 62.6 Å². The van der Waals surface area contributed by atoms with Crippen LogP contribution < -0.4 is 0 Å². The number of benzene rings is 1. The van der Waals surface area contributed by atoms with Crippen LogP contribution in [-0.2, 0) is 0 Å². The van der Waals surface area contributed by atoms with Crippen LogP contribution in [0.25, 0.3) is 11.1 Å². The standard InChI is InChI=1S/C21H32N2/c1-9-15(6)21-19(18-16(7)11-10-12-17(18)8)20(13(2)3)22-23(21)14(4)5/h10-15H,9H2,1-8H3. The molecule has 0 radical (unpaired) electrons. The second kappa shape index (κ2) is 6.90. The molecule has 0 saturated heterocycles. The Morgan fingerprint density at radius 1 is 0.957 bits per heavy atom. The average Bonchev–Trinajstić information content (AvgIpc) is 2.87. The molecule has 0 aliphatic carbocycles. The van der Waals surface area contributed by atoms with Gasteiger partial charge in [-0.1, -0.05) is 45.9 Å². The number of hydrogen-bond acceptors (Lipinski definition) is 1. The first-order chi connectivity index (χ1) is 10.8. The molecule has 0 amide bonds. The number of nitrogens with zero attached hydrogens (tertiary/aromatic N) is 2. The van der Waals surface area contributed by atoms with E-state index in [1.807, 2.05) is 0 Å². The summed E-state index contributed by atoms with van der Waals surface area (Å²) in [4.78, 5) is 0. The highest BCUT2D eigenvalue weighted by molar-refractivity contribution is 5.76. The van der Waals surface area contributed by atoms with Gasteiger partial charge in [0.1, 0.15) is 0 Å². The summed E-state index contributed by atoms with van der Waals surface area (Å²) in [5.74, 6) is 0.929. The summed E-state index contributed by atoms with van der Waals surface area (Å²) in [5, 5.41) is 5.05. The summed E-state index contributed by atoms with van der Waals surface area (Å²) in [6.45, 7) is 18.0. The Labute approximate surface area is 141 Å². The molecule has 1 unspecified atom stereocenters. The second-order valence-electron chi connectivity index (χ2n) is 7.41. The van der Waals surface area contributed by atoms with E-state index in [1.54, 1.807) is 0 Å². The molecule has 126 valence electrons. The van der Waals surface area contributed by atoms with Crippen LogP contribution in [-0.4, -0.2) is 9.78 Å². The van der Waals surface area contributed by atoms with Gasteiger partial charge in [0.2, 0.25) is 0 Å². The summed E-state index contributed by atoms with van der Waals surface area (Å²) in [6, 6.07) is 6.98. The van der Waals surface area contributed by atoms with Crippen molar-refractivity contribution in [3.05, 3.63) is 40.7 Å². The third kappa shape index (κ3) is 3.22. The molecule has 0 N–H and O–H groups in total. The van der Waals surface area contributed by atoms with E-state index in [-0.39, 0.29) is 0 Å². The SMILES string of the molecule is CCC(C)c1c(-c2c(C)cccc2C)c(C(C)C)nn1C(C)C. The Morgan fingerprint density at radius 3 is 1.96 bits per heavy atom. The first-order valence-electron chi connectivity index (χ1n) is 8.98. The Kier molecular flexibility index (Phi) is 5.33. The van der Waals surface area contributed by atoms with Gasteiger partial charge in [-0.15, -0.1) is 0 Å². The van der Waals surface area contributed by atoms with Gasteiger partial charge in [0.05, 0.1) is 5.69 Å². The molecule has 2 aromatic rings. The zero-order valence-electron chi connectivity index (χ0n) is 16.1. The normalized spacial score (nSPS) is 13.1. The molecule has 23 heavy (non-hydrogen) atoms. The van der Waals surface area contributed by atoms with Crippen molar-refractivity contribution >= 4 is 0 Å². The number of rotatable bonds is 5. The Morgan fingerprint density at radius 2 is 1.52 bits per heavy atom. The van der Waals surface area contributed by atoms with Crippen LogP contribution in [0.4, 0.5) is 0 Å². The zero-order valence-corrected chi connectivity index (χ0v) is 16.1. The third-order valence-electron chi connectivity index (χ3n) is 4.82. The number of hydrogen-bond donors (Lipinski definition) is 0. The molecule has 2 heteroatoms. The largest absolute Gasteiger partial charge is 0.266 e. The van der Waals surface area contributed by atoms with Gasteiger partial charge in [0.15, 0.2) is 0 Å². The first-order valence-corrected chi connectivity index (χ1v) is 8.98. The molecule has 2 nitrogen and oxygen atoms in total. The minimum absolute atomic E-state index is 0.384. The van der Waals surface area contributed by atoms with Crippen molar-refractivity contribution in [3.63, 3.8) is 0 Å². The lowest BCUT2D eigenvalue weighted by atomic mass is 9.87. The molecule has 0 spiro atoms. The van der Waals surface area contributed by atoms with Crippen LogP contribution in [0.3, 0.4) is 0 Å². The molecule has 0 aliphatic rings. The predicted octanol–water partition coefficient (Wildman–Crippen LogP) is 6.38. The minimum Gasteiger partial charge on any atom is -0.266 e. The second-order valence-corrected chi connectivity index (χ2v) is 7.41. The fourth-order valence-corrected chi connectivity index (χ4v) is 3.39. The van der Waals surface area contributed by atoms with E-state index in [2.05, 4.69) is 78.3 Å². The quantitative estimate of drug-likeness (QED) is 0.626. The zero-order chi connectivity index (χ0) is 17.3. The minimum atomic E-state index is 0.384. The molecule has 0 bridgehead atoms. The Bertz CT molecular complexity index is 657. The third-order valence-corrected chi connectivity index (χ3v) is 4.82. The maximum absolute atomic E-state index is 5.05. The summed E-state index contributed by atoms with van der Waals surface area (Å²) in [5.41, 5.74) is 8.12. The fourth-order valence-electron chi connectivity index (χ4n) is 3.39. The molecule has 0 aliphatic heterocycles. The van der Waals surface area contributed by atoms with Crippen molar-refractivity contribution in [1.82, 2.24) is 9.78 Å². The lowest BCUT2D eigenvalue weighted by molar-refractivity contribution is 0.482. The van der Waals surface area contributed by atoms with E-state index < -0.39 is 0 Å². The fraction of sp³-hybridized carbons (Fsp3) is 0.571. The highest BCUT2D eigenvalue weighted by Crippen LogP contribution is 2.40. The van der Waals surface area contributed by atoms with Gasteiger partial charge in [0, 0.05) is 17.3 Å². The molecule has 1 aromatic carbocycles. The van der Waals surface area contributed by atoms with Crippen molar-refractivity contribution < 1.29 is 0 Å². The van der Waals surface area contributed by atoms with Crippen molar-refractivity contribution in [3.8, 4) is 11.1 Å². The average molecular weight is 313 g/mol. The van der Waals surface area contributed by atoms with Gasteiger partial charge in [0.25, 0.3) is 0 Å². The van der Waals surface area contributed by atoms with Crippen molar-refractivity contribution in [2.24, 2.45) is 0 Å². The van der Waals surface area contributed by atoms with Gasteiger partial charge in [-0.3, -0.25) is 4.68 Å². The maximum atomic E-state index is 5.05. The van der Waals surface area contributed by atoms with Crippen LogP contribution in [0.1, 0.15) is 88.4 Å². The van der Waals surface area contributed by atoms with Gasteiger partial charge >= 0.3 is 0 Å². The molecule has 1 heterocycles. The summed E-state index contributed by atoms with van der Waals surface area (Å²) in [6.07, 6.45) is 1.13. The van der Waals surface area contributed by atoms with Gasteiger partial charge in [-0.2, -0.15) is 5.10 Å². The maximum Gasteiger partial charge on any atom is 0.0731 e. The van der Waals surface area contributed by atoms with E-state index in [9.17, 15) is 0 Å². The van der Waals surface area contributed by atoms with E-state index in [1.165, 1.54) is 33.6 Å². The lowest BCUT2D eigenvalue weighted by Gasteiger charge is -2.19. The van der Waals surface area contributed by atoms with Crippen LogP contribution >= 0.6 is 0 Å². The monoisotopic (exact) mass is 312 g/mol. The topological polar surface area (TPSA) is 17.8 Å². The summed E-state index contributed by atoms with van der Waals surface area (Å²) < 4.78 is 2.27. The van der Waals surface area contributed by atoms with Gasteiger partial charge < -0.3 is 0 Å². The predicted molar refractivity (Wildman–Crippen MR) is 100 cm³/mol. The molecular formula is C21H32N2. The van der Waals surface area contributed by atoms with Crippen LogP contribution in [0, 0.1) is 13.8 Å². The summed E-state index contributed by atoms with van der Waals surface area (Å²) >= 11 is 0. The Hall–Kier alpha value is -1.57. The first kappa shape index (κ1) is 17.8. The van der Waals surface area contributed by atoms with Crippen molar-refractivity contribution in [1.29, 1.82) is 0 Å². The highest BCUT2D eigenvalue weighted by Gasteiger charge is 2.26.